The first-order valence-electron chi connectivity index (χ1n) is 9.48. The Kier molecular flexibility index (Phi) is 5.06. The number of aryl methyl sites for hydroxylation is 2. The number of fused-ring (bicyclic) bond motifs is 1. The molecule has 0 saturated heterocycles. The van der Waals surface area contributed by atoms with Crippen LogP contribution in [-0.4, -0.2) is 26.8 Å². The highest BCUT2D eigenvalue weighted by Gasteiger charge is 2.15. The Labute approximate surface area is 173 Å². The van der Waals surface area contributed by atoms with Crippen LogP contribution >= 0.6 is 0 Å². The molecule has 0 unspecified atom stereocenters. The van der Waals surface area contributed by atoms with Crippen LogP contribution in [0.4, 0.5) is 0 Å². The Bertz CT molecular complexity index is 1320. The lowest BCUT2D eigenvalue weighted by Gasteiger charge is -2.15. The Morgan fingerprint density at radius 1 is 1.00 bits per heavy atom. The second-order valence-corrected chi connectivity index (χ2v) is 6.98. The Morgan fingerprint density at radius 3 is 2.47 bits per heavy atom. The van der Waals surface area contributed by atoms with E-state index < -0.39 is 0 Å². The van der Waals surface area contributed by atoms with E-state index in [0.717, 1.165) is 16.8 Å². The van der Waals surface area contributed by atoms with Crippen LogP contribution in [0.1, 0.15) is 22.5 Å². The molecule has 30 heavy (non-hydrogen) atoms. The summed E-state index contributed by atoms with van der Waals surface area (Å²) in [6.45, 7) is 3.83. The van der Waals surface area contributed by atoms with Gasteiger partial charge in [-0.25, -0.2) is 4.98 Å². The van der Waals surface area contributed by atoms with Gasteiger partial charge in [-0.15, -0.1) is 0 Å². The second kappa shape index (κ2) is 7.83. The Hall–Kier alpha value is -3.93. The molecule has 0 aliphatic carbocycles. The molecule has 4 aromatic rings. The van der Waals surface area contributed by atoms with Gasteiger partial charge in [-0.05, 0) is 55.3 Å². The molecule has 0 aliphatic rings. The number of benzene rings is 2. The lowest BCUT2D eigenvalue weighted by Crippen LogP contribution is -2.24. The molecule has 0 amide bonds. The topological polar surface area (TPSA) is 77.2 Å². The first-order chi connectivity index (χ1) is 14.5. The van der Waals surface area contributed by atoms with Crippen molar-refractivity contribution in [3.8, 4) is 17.2 Å². The summed E-state index contributed by atoms with van der Waals surface area (Å²) in [6.07, 6.45) is 6.90. The molecule has 0 bridgehead atoms. The van der Waals surface area contributed by atoms with E-state index in [1.807, 2.05) is 32.0 Å². The number of phenolic OH excluding ortho intramolecular Hbond substituents is 1. The molecule has 2 aromatic heterocycles. The van der Waals surface area contributed by atoms with Gasteiger partial charge in [0.05, 0.1) is 23.7 Å². The molecular formula is C24H21N3O3. The fraction of sp³-hybridized carbons (Fsp3) is 0.125. The monoisotopic (exact) mass is 399 g/mol. The molecule has 0 radical (unpaired) electrons. The third-order valence-electron chi connectivity index (χ3n) is 4.97. The molecule has 2 aromatic carbocycles. The first kappa shape index (κ1) is 19.4. The van der Waals surface area contributed by atoms with Gasteiger partial charge in [-0.1, -0.05) is 24.3 Å². The number of aromatic hydroxyl groups is 1. The summed E-state index contributed by atoms with van der Waals surface area (Å²) in [5.74, 6) is 0.863. The van der Waals surface area contributed by atoms with Gasteiger partial charge in [0, 0.05) is 18.0 Å². The minimum atomic E-state index is -0.160. The zero-order chi connectivity index (χ0) is 21.3. The van der Waals surface area contributed by atoms with Crippen molar-refractivity contribution in [1.29, 1.82) is 0 Å². The third kappa shape index (κ3) is 3.33. The van der Waals surface area contributed by atoms with Crippen molar-refractivity contribution in [2.75, 3.05) is 7.11 Å². The summed E-state index contributed by atoms with van der Waals surface area (Å²) < 4.78 is 6.78. The standard InChI is InChI=1S/C24H21N3O3/c1-15-13-25-14-16(2)22(15)27-21(26-19-9-5-4-8-18(19)24(27)29)12-11-17-7-6-10-20(30-3)23(17)28/h4-14,28H,1-3H3/b12-11+. The van der Waals surface area contributed by atoms with Gasteiger partial charge in [0.2, 0.25) is 0 Å². The van der Waals surface area contributed by atoms with Crippen LogP contribution in [0.2, 0.25) is 0 Å². The fourth-order valence-corrected chi connectivity index (χ4v) is 3.53. The molecule has 150 valence electrons. The minimum Gasteiger partial charge on any atom is -0.504 e. The normalized spacial score (nSPS) is 11.3. The molecule has 0 spiro atoms. The number of methoxy groups -OCH3 is 1. The number of ether oxygens (including phenoxy) is 1. The zero-order valence-electron chi connectivity index (χ0n) is 17.0. The van der Waals surface area contributed by atoms with Crippen molar-refractivity contribution in [3.63, 3.8) is 0 Å². The second-order valence-electron chi connectivity index (χ2n) is 6.98. The summed E-state index contributed by atoms with van der Waals surface area (Å²) in [5, 5.41) is 10.9. The van der Waals surface area contributed by atoms with Crippen LogP contribution in [0.15, 0.2) is 59.7 Å². The smallest absolute Gasteiger partial charge is 0.266 e. The van der Waals surface area contributed by atoms with Crippen LogP contribution in [0.5, 0.6) is 11.5 Å². The van der Waals surface area contributed by atoms with Crippen LogP contribution < -0.4 is 10.3 Å². The number of para-hydroxylation sites is 2. The van der Waals surface area contributed by atoms with Crippen LogP contribution in [0.3, 0.4) is 0 Å². The minimum absolute atomic E-state index is 0.0298. The summed E-state index contributed by atoms with van der Waals surface area (Å²) in [5.41, 5.74) is 3.50. The maximum atomic E-state index is 13.4. The largest absolute Gasteiger partial charge is 0.504 e. The van der Waals surface area contributed by atoms with Crippen molar-refractivity contribution in [3.05, 3.63) is 87.7 Å². The van der Waals surface area contributed by atoms with Crippen molar-refractivity contribution >= 4 is 23.1 Å². The Balaban J connectivity index is 1.99. The van der Waals surface area contributed by atoms with E-state index in [9.17, 15) is 9.90 Å². The maximum absolute atomic E-state index is 13.4. The number of phenols is 1. The lowest BCUT2D eigenvalue weighted by molar-refractivity contribution is 0.373. The highest BCUT2D eigenvalue weighted by atomic mass is 16.5. The number of hydrogen-bond acceptors (Lipinski definition) is 5. The summed E-state index contributed by atoms with van der Waals surface area (Å²) >= 11 is 0. The molecule has 6 heteroatoms. The SMILES string of the molecule is COc1cccc(/C=C/c2nc3ccccc3c(=O)n2-c2c(C)cncc2C)c1O. The quantitative estimate of drug-likeness (QED) is 0.554. The van der Waals surface area contributed by atoms with Gasteiger partial charge in [0.1, 0.15) is 5.82 Å². The van der Waals surface area contributed by atoms with Crippen LogP contribution in [0.25, 0.3) is 28.7 Å². The van der Waals surface area contributed by atoms with Gasteiger partial charge in [-0.2, -0.15) is 0 Å². The van der Waals surface area contributed by atoms with Crippen molar-refractivity contribution in [2.45, 2.75) is 13.8 Å². The van der Waals surface area contributed by atoms with E-state index in [1.54, 1.807) is 53.4 Å². The van der Waals surface area contributed by atoms with E-state index in [4.69, 9.17) is 9.72 Å². The lowest BCUT2D eigenvalue weighted by atomic mass is 10.1. The fourth-order valence-electron chi connectivity index (χ4n) is 3.53. The molecular weight excluding hydrogens is 378 g/mol. The Morgan fingerprint density at radius 2 is 1.73 bits per heavy atom. The van der Waals surface area contributed by atoms with E-state index in [2.05, 4.69) is 4.98 Å². The van der Waals surface area contributed by atoms with Crippen LogP contribution in [0, 0.1) is 13.8 Å². The molecule has 1 N–H and O–H groups in total. The number of hydrogen-bond donors (Lipinski definition) is 1. The predicted octanol–water partition coefficient (Wildman–Crippen LogP) is 4.28. The first-order valence-corrected chi connectivity index (χ1v) is 9.48. The molecule has 2 heterocycles. The predicted molar refractivity (Wildman–Crippen MR) is 118 cm³/mol. The van der Waals surface area contributed by atoms with E-state index >= 15 is 0 Å². The molecule has 6 nitrogen and oxygen atoms in total. The summed E-state index contributed by atoms with van der Waals surface area (Å²) in [4.78, 5) is 22.4. The van der Waals surface area contributed by atoms with Gasteiger partial charge in [-0.3, -0.25) is 14.3 Å². The number of nitrogens with zero attached hydrogens (tertiary/aromatic N) is 3. The summed E-state index contributed by atoms with van der Waals surface area (Å²) in [7, 11) is 1.50. The number of aromatic nitrogens is 3. The molecule has 4 rings (SSSR count). The number of rotatable bonds is 4. The maximum Gasteiger partial charge on any atom is 0.266 e. The number of pyridine rings is 1. The highest BCUT2D eigenvalue weighted by Crippen LogP contribution is 2.30. The molecule has 0 atom stereocenters. The van der Waals surface area contributed by atoms with E-state index in [1.165, 1.54) is 7.11 Å². The van der Waals surface area contributed by atoms with Crippen molar-refractivity contribution < 1.29 is 9.84 Å². The molecule has 0 aliphatic heterocycles. The average molecular weight is 399 g/mol. The van der Waals surface area contributed by atoms with E-state index in [0.29, 0.717) is 28.0 Å². The summed E-state index contributed by atoms with van der Waals surface area (Å²) in [6, 6.07) is 12.5. The van der Waals surface area contributed by atoms with Gasteiger partial charge in [0.15, 0.2) is 11.5 Å². The van der Waals surface area contributed by atoms with Gasteiger partial charge in [0.25, 0.3) is 5.56 Å². The van der Waals surface area contributed by atoms with Crippen molar-refractivity contribution in [2.24, 2.45) is 0 Å². The molecule has 0 fully saturated rings. The highest BCUT2D eigenvalue weighted by molar-refractivity contribution is 5.81. The zero-order valence-corrected chi connectivity index (χ0v) is 17.0. The van der Waals surface area contributed by atoms with Gasteiger partial charge >= 0.3 is 0 Å². The average Bonchev–Trinajstić information content (AvgIpc) is 2.74. The van der Waals surface area contributed by atoms with Crippen molar-refractivity contribution in [1.82, 2.24) is 14.5 Å². The van der Waals surface area contributed by atoms with Gasteiger partial charge < -0.3 is 9.84 Å². The van der Waals surface area contributed by atoms with E-state index in [-0.39, 0.29) is 11.3 Å². The molecule has 0 saturated carbocycles. The van der Waals surface area contributed by atoms with Crippen LogP contribution in [-0.2, 0) is 0 Å². The third-order valence-corrected chi connectivity index (χ3v) is 4.97.